The summed E-state index contributed by atoms with van der Waals surface area (Å²) in [6, 6.07) is 5.34. The van der Waals surface area contributed by atoms with Gasteiger partial charge in [0, 0.05) is 19.6 Å². The number of benzene rings is 1. The Bertz CT molecular complexity index is 410. The molecule has 1 rings (SSSR count). The largest absolute Gasteiger partial charge is 0.496 e. The number of amides is 1. The van der Waals surface area contributed by atoms with Crippen molar-refractivity contribution < 1.29 is 14.3 Å². The first-order chi connectivity index (χ1) is 9.01. The van der Waals surface area contributed by atoms with Gasteiger partial charge in [0.05, 0.1) is 14.2 Å². The van der Waals surface area contributed by atoms with Crippen LogP contribution >= 0.6 is 0 Å². The number of hydrogen-bond donors (Lipinski definition) is 1. The molecule has 0 saturated carbocycles. The van der Waals surface area contributed by atoms with Crippen LogP contribution in [0.4, 0.5) is 0 Å². The molecule has 5 heteroatoms. The Morgan fingerprint density at radius 2 is 1.84 bits per heavy atom. The highest BCUT2D eigenvalue weighted by atomic mass is 16.5. The third-order valence-electron chi connectivity index (χ3n) is 2.91. The lowest BCUT2D eigenvalue weighted by atomic mass is 10.1. The molecule has 1 aromatic carbocycles. The third-order valence-corrected chi connectivity index (χ3v) is 2.91. The van der Waals surface area contributed by atoms with Crippen molar-refractivity contribution >= 4 is 5.91 Å². The van der Waals surface area contributed by atoms with E-state index in [4.69, 9.17) is 15.2 Å². The van der Waals surface area contributed by atoms with Gasteiger partial charge in [-0.15, -0.1) is 0 Å². The number of nitrogens with two attached hydrogens (primary N) is 1. The fraction of sp³-hybridized carbons (Fsp3) is 0.500. The van der Waals surface area contributed by atoms with Gasteiger partial charge in [0.15, 0.2) is 0 Å². The quantitative estimate of drug-likeness (QED) is 0.847. The Hall–Kier alpha value is -1.75. The van der Waals surface area contributed by atoms with E-state index in [0.717, 1.165) is 6.42 Å². The molecule has 1 amide bonds. The molecule has 0 aromatic heterocycles. The second-order valence-corrected chi connectivity index (χ2v) is 4.53. The van der Waals surface area contributed by atoms with Crippen molar-refractivity contribution in [1.29, 1.82) is 0 Å². The Morgan fingerprint density at radius 3 is 2.26 bits per heavy atom. The number of nitrogens with zero attached hydrogens (tertiary/aromatic N) is 1. The van der Waals surface area contributed by atoms with Crippen molar-refractivity contribution in [3.8, 4) is 11.5 Å². The number of methoxy groups -OCH3 is 2. The van der Waals surface area contributed by atoms with E-state index in [1.54, 1.807) is 30.1 Å². The first-order valence-electron chi connectivity index (χ1n) is 6.23. The molecule has 1 aromatic rings. The van der Waals surface area contributed by atoms with Crippen LogP contribution in [0.5, 0.6) is 11.5 Å². The summed E-state index contributed by atoms with van der Waals surface area (Å²) in [5, 5.41) is 0. The minimum atomic E-state index is -0.130. The molecule has 0 bridgehead atoms. The van der Waals surface area contributed by atoms with E-state index >= 15 is 0 Å². The molecular formula is C14H22N2O3. The van der Waals surface area contributed by atoms with Crippen LogP contribution in [0.15, 0.2) is 18.2 Å². The minimum Gasteiger partial charge on any atom is -0.496 e. The summed E-state index contributed by atoms with van der Waals surface area (Å²) >= 11 is 0. The molecule has 19 heavy (non-hydrogen) atoms. The maximum Gasteiger partial charge on any atom is 0.261 e. The zero-order valence-electron chi connectivity index (χ0n) is 12.0. The average molecular weight is 266 g/mol. The zero-order valence-corrected chi connectivity index (χ0v) is 12.0. The normalized spacial score (nSPS) is 11.8. The van der Waals surface area contributed by atoms with E-state index in [1.165, 1.54) is 14.2 Å². The first-order valence-corrected chi connectivity index (χ1v) is 6.23. The van der Waals surface area contributed by atoms with E-state index in [9.17, 15) is 4.79 Å². The highest BCUT2D eigenvalue weighted by Gasteiger charge is 2.21. The Kier molecular flexibility index (Phi) is 5.63. The van der Waals surface area contributed by atoms with Crippen molar-refractivity contribution in [1.82, 2.24) is 4.90 Å². The number of rotatable bonds is 6. The molecule has 0 aliphatic heterocycles. The van der Waals surface area contributed by atoms with E-state index in [-0.39, 0.29) is 11.9 Å². The Morgan fingerprint density at radius 1 is 1.32 bits per heavy atom. The van der Waals surface area contributed by atoms with Crippen LogP contribution in [-0.4, -0.2) is 44.7 Å². The van der Waals surface area contributed by atoms with E-state index in [0.29, 0.717) is 23.6 Å². The van der Waals surface area contributed by atoms with Gasteiger partial charge < -0.3 is 20.1 Å². The maximum atomic E-state index is 12.4. The Balaban J connectivity index is 2.97. The molecule has 0 fully saturated rings. The molecule has 0 spiro atoms. The van der Waals surface area contributed by atoms with E-state index < -0.39 is 0 Å². The summed E-state index contributed by atoms with van der Waals surface area (Å²) < 4.78 is 10.5. The third kappa shape index (κ3) is 3.86. The van der Waals surface area contributed by atoms with Crippen molar-refractivity contribution in [3.05, 3.63) is 23.8 Å². The fourth-order valence-electron chi connectivity index (χ4n) is 1.75. The van der Waals surface area contributed by atoms with Gasteiger partial charge in [0.2, 0.25) is 0 Å². The standard InChI is InChI=1S/C14H22N2O3/c1-10(15)8-9-16(2)14(17)13-11(18-3)6-5-7-12(13)19-4/h5-7,10H,8-9,15H2,1-4H3. The van der Waals surface area contributed by atoms with E-state index in [1.807, 2.05) is 6.92 Å². The highest BCUT2D eigenvalue weighted by Crippen LogP contribution is 2.29. The van der Waals surface area contributed by atoms with Gasteiger partial charge in [-0.05, 0) is 25.5 Å². The summed E-state index contributed by atoms with van der Waals surface area (Å²) in [6.45, 7) is 2.51. The van der Waals surface area contributed by atoms with E-state index in [2.05, 4.69) is 0 Å². The number of carbonyl (C=O) groups is 1. The average Bonchev–Trinajstić information content (AvgIpc) is 2.42. The molecule has 1 atom stereocenters. The summed E-state index contributed by atoms with van der Waals surface area (Å²) in [5.74, 6) is 0.893. The van der Waals surface area contributed by atoms with Crippen molar-refractivity contribution in [2.75, 3.05) is 27.8 Å². The molecule has 0 aliphatic rings. The highest BCUT2D eigenvalue weighted by molar-refractivity contribution is 5.99. The predicted molar refractivity (Wildman–Crippen MR) is 74.8 cm³/mol. The summed E-state index contributed by atoms with van der Waals surface area (Å²) in [6.07, 6.45) is 0.750. The molecule has 0 radical (unpaired) electrons. The lowest BCUT2D eigenvalue weighted by molar-refractivity contribution is 0.0785. The van der Waals surface area contributed by atoms with Gasteiger partial charge in [0.25, 0.3) is 5.91 Å². The maximum absolute atomic E-state index is 12.4. The SMILES string of the molecule is COc1cccc(OC)c1C(=O)N(C)CCC(C)N. The fourth-order valence-corrected chi connectivity index (χ4v) is 1.75. The lowest BCUT2D eigenvalue weighted by Gasteiger charge is -2.21. The summed E-state index contributed by atoms with van der Waals surface area (Å²) in [4.78, 5) is 14.1. The summed E-state index contributed by atoms with van der Waals surface area (Å²) in [7, 11) is 4.82. The smallest absolute Gasteiger partial charge is 0.261 e. The molecule has 5 nitrogen and oxygen atoms in total. The van der Waals surface area contributed by atoms with Crippen molar-refractivity contribution in [2.45, 2.75) is 19.4 Å². The van der Waals surface area contributed by atoms with Gasteiger partial charge >= 0.3 is 0 Å². The molecule has 1 unspecified atom stereocenters. The van der Waals surface area contributed by atoms with Crippen LogP contribution < -0.4 is 15.2 Å². The summed E-state index contributed by atoms with van der Waals surface area (Å²) in [5.41, 5.74) is 6.15. The minimum absolute atomic E-state index is 0.0646. The van der Waals surface area contributed by atoms with Crippen LogP contribution in [0.3, 0.4) is 0 Å². The van der Waals surface area contributed by atoms with Crippen LogP contribution in [0.1, 0.15) is 23.7 Å². The van der Waals surface area contributed by atoms with Crippen LogP contribution in [0, 0.1) is 0 Å². The van der Waals surface area contributed by atoms with Crippen LogP contribution in [0.2, 0.25) is 0 Å². The van der Waals surface area contributed by atoms with Crippen molar-refractivity contribution in [2.24, 2.45) is 5.73 Å². The number of carbonyl (C=O) groups excluding carboxylic acids is 1. The second-order valence-electron chi connectivity index (χ2n) is 4.53. The van der Waals surface area contributed by atoms with Gasteiger partial charge in [-0.2, -0.15) is 0 Å². The predicted octanol–water partition coefficient (Wildman–Crippen LogP) is 1.51. The second kappa shape index (κ2) is 6.99. The van der Waals surface area contributed by atoms with Gasteiger partial charge in [-0.1, -0.05) is 6.07 Å². The van der Waals surface area contributed by atoms with Crippen LogP contribution in [-0.2, 0) is 0 Å². The first kappa shape index (κ1) is 15.3. The molecule has 0 heterocycles. The molecule has 2 N–H and O–H groups in total. The zero-order chi connectivity index (χ0) is 14.4. The van der Waals surface area contributed by atoms with Gasteiger partial charge in [0.1, 0.15) is 17.1 Å². The van der Waals surface area contributed by atoms with Gasteiger partial charge in [-0.25, -0.2) is 0 Å². The van der Waals surface area contributed by atoms with Crippen LogP contribution in [0.25, 0.3) is 0 Å². The van der Waals surface area contributed by atoms with Crippen molar-refractivity contribution in [3.63, 3.8) is 0 Å². The molecule has 0 aliphatic carbocycles. The van der Waals surface area contributed by atoms with Gasteiger partial charge in [-0.3, -0.25) is 4.79 Å². The number of hydrogen-bond acceptors (Lipinski definition) is 4. The Labute approximate surface area is 114 Å². The lowest BCUT2D eigenvalue weighted by Crippen LogP contribution is -2.31. The molecule has 0 saturated heterocycles. The monoisotopic (exact) mass is 266 g/mol. The molecule has 106 valence electrons. The number of ether oxygens (including phenoxy) is 2. The topological polar surface area (TPSA) is 64.8 Å². The molecular weight excluding hydrogens is 244 g/mol.